The molecule has 8 N–H and O–H groups in total. The van der Waals surface area contributed by atoms with Crippen LogP contribution >= 0.6 is 57.6 Å². The fraction of sp³-hybridized carbons (Fsp3) is 0.301. The maximum atomic E-state index is 13.5. The molecule has 2 heterocycles. The number of carbonyl (C=O) groups is 5. The van der Waals surface area contributed by atoms with E-state index in [-0.39, 0.29) is 110 Å². The number of hydrogen-bond donors (Lipinski definition) is 6. The summed E-state index contributed by atoms with van der Waals surface area (Å²) in [6.45, 7) is 19.7. The number of ether oxygens (including phenoxy) is 15. The minimum absolute atomic E-state index is 0. The summed E-state index contributed by atoms with van der Waals surface area (Å²) in [5.74, 6) is 2.68. The first kappa shape index (κ1) is 127. The highest BCUT2D eigenvalue weighted by atomic mass is 35.7. The number of aromatic nitrogens is 3. The number of hydrogen-bond acceptors (Lipinski definition) is 38. The van der Waals surface area contributed by atoms with E-state index in [1.54, 1.807) is 123 Å². The number of H-pyrrole nitrogens is 1. The number of esters is 5. The highest BCUT2D eigenvalue weighted by Gasteiger charge is 2.30. The molecule has 0 aliphatic heterocycles. The Bertz CT molecular complexity index is 7120. The van der Waals surface area contributed by atoms with Gasteiger partial charge in [0.2, 0.25) is 0 Å². The molecule has 0 saturated carbocycles. The number of nitro groups is 2. The van der Waals surface area contributed by atoms with E-state index >= 15 is 0 Å². The highest BCUT2D eigenvalue weighted by Crippen LogP contribution is 2.38. The number of aromatic amines is 1. The number of halogens is 4. The van der Waals surface area contributed by atoms with Crippen LogP contribution in [0.5, 0.6) is 57.5 Å². The second kappa shape index (κ2) is 58.4. The van der Waals surface area contributed by atoms with Gasteiger partial charge in [-0.3, -0.25) is 39.2 Å². The molecule has 9 aromatic carbocycles. The van der Waals surface area contributed by atoms with Gasteiger partial charge in [-0.1, -0.05) is 6.07 Å². The average Bonchev–Trinajstić information content (AvgIpc) is 1.61. The van der Waals surface area contributed by atoms with Crippen LogP contribution in [0.4, 0.5) is 34.1 Å². The quantitative estimate of drug-likeness (QED) is 0.00262. The van der Waals surface area contributed by atoms with Crippen LogP contribution in [0.2, 0.25) is 0 Å². The van der Waals surface area contributed by atoms with Crippen LogP contribution in [-0.2, 0) is 102 Å². The van der Waals surface area contributed by atoms with Gasteiger partial charge in [0.1, 0.15) is 68.9 Å². The number of nitrogen functional groups attached to an aromatic ring is 2. The van der Waals surface area contributed by atoms with Crippen molar-refractivity contribution in [3.63, 3.8) is 0 Å². The fourth-order valence-corrected chi connectivity index (χ4v) is 20.5. The van der Waals surface area contributed by atoms with Gasteiger partial charge in [0.15, 0.2) is 37.8 Å². The number of alkyl halides is 1. The van der Waals surface area contributed by atoms with Gasteiger partial charge < -0.3 is 87.5 Å². The molecule has 0 unspecified atom stereocenters. The molecule has 0 atom stereocenters. The molecule has 44 nitrogen and oxygen atoms in total. The Hall–Kier alpha value is -14.0. The summed E-state index contributed by atoms with van der Waals surface area (Å²) in [6.07, 6.45) is 1.78. The third-order valence-electron chi connectivity index (χ3n) is 19.4. The smallest absolute Gasteiger partial charge is 0.353 e. The van der Waals surface area contributed by atoms with E-state index in [0.717, 1.165) is 43.7 Å². The van der Waals surface area contributed by atoms with Crippen molar-refractivity contribution >= 4 is 181 Å². The number of nitro benzene ring substituents is 2. The number of aryl methyl sites for hydroxylation is 11. The zero-order valence-electron chi connectivity index (χ0n) is 83.4. The van der Waals surface area contributed by atoms with Crippen molar-refractivity contribution < 1.29 is 152 Å². The van der Waals surface area contributed by atoms with E-state index in [1.807, 2.05) is 45.9 Å². The van der Waals surface area contributed by atoms with Crippen LogP contribution in [0.1, 0.15) is 72.5 Å². The molecule has 54 heteroatoms. The summed E-state index contributed by atoms with van der Waals surface area (Å²) in [5, 5.41) is 21.7. The molecule has 0 fully saturated rings. The molecule has 0 spiro atoms. The van der Waals surface area contributed by atoms with Gasteiger partial charge in [0.25, 0.3) is 50.5 Å². The van der Waals surface area contributed by atoms with E-state index in [9.17, 15) is 77.9 Å². The number of nitrogens with two attached hydrogens (primary N) is 2. The Morgan fingerprint density at radius 3 is 1.06 bits per heavy atom. The van der Waals surface area contributed by atoms with Crippen LogP contribution in [0.15, 0.2) is 165 Å². The number of methoxy groups -OCH3 is 10. The lowest BCUT2D eigenvalue weighted by Gasteiger charge is -2.16. The molecule has 2 aromatic heterocycles. The van der Waals surface area contributed by atoms with Gasteiger partial charge in [-0.25, -0.2) is 61.6 Å². The number of sulfonamides is 2. The second-order valence-electron chi connectivity index (χ2n) is 30.3. The first-order valence-corrected chi connectivity index (χ1v) is 51.7. The monoisotopic (exact) mass is 2250 g/mol. The van der Waals surface area contributed by atoms with Crippen LogP contribution in [0, 0.1) is 108 Å². The first-order chi connectivity index (χ1) is 68.2. The fourth-order valence-electron chi connectivity index (χ4n) is 13.2. The molecule has 0 bridgehead atoms. The van der Waals surface area contributed by atoms with E-state index < -0.39 is 87.9 Å². The number of anilines is 4. The molecular weight excluding hydrogens is 2140 g/mol. The number of nitrogens with one attached hydrogen (secondary N) is 3. The summed E-state index contributed by atoms with van der Waals surface area (Å²) >= 11 is 11.0. The maximum Gasteiger partial charge on any atom is 0.353 e. The predicted molar refractivity (Wildman–Crippen MR) is 554 cm³/mol. The molecule has 0 aliphatic carbocycles. The SMILES string of the molecule is COC(=O)COc1cc(C)c(S(=O)(=O)Cl)c(C)c1.COC(=O)COc1cc(C)c(S(=O)(=O)Nc2ccc(OC)cc2N)c(C)c1.COC(=O)COc1cc(C)c(S(=O)(=O)Nc2ccc(OC)cc2[N+](=O)[O-])c(C)c1.COC(=O)COc1cc(C)c(S(=O)(=O)n2c(=S)[nH]c3cc(OC)ccc32)c(C)c1.COC(=O)COc1cc(C)cc(C)c1.COc1c(C)cnc(CCl)c1C.COc1ccc(N)c([N+](=O)[O-])c1.Cl.O=S(=O)(O)Cl. The highest BCUT2D eigenvalue weighted by molar-refractivity contribution is 8.13. The van der Waals surface area contributed by atoms with E-state index in [4.69, 9.17) is 106 Å². The first-order valence-electron chi connectivity index (χ1n) is 41.8. The normalized spacial score (nSPS) is 10.7. The standard InChI is InChI=1S/C19H20N2O6S2.C18H20N2O8S.C18H22N2O6S.C11H13ClO5S.C11H14O3.C9H12ClNO.C7H8N2O3.ClHO3S.ClH/c1-11-7-14(27-10-17(22)26-4)8-12(2)18(11)29(23,24)21-16-6-5-13(25-3)9-15(16)20-19(21)28;1-11-7-14(28-10-17(21)27-4)8-12(2)18(11)29(24,25)19-15-6-5-13(26-3)9-16(15)20(22)23;1-11-7-14(26-10-17(21)25-4)8-12(2)18(11)27(22,23)20-16-6-5-13(24-3)9-15(16)19;1-7-4-9(17-6-10(13)16-3)5-8(2)11(7)18(12,14)15;1-8-4-9(2)6-10(5-8)14-7-11(12)13-3;1-6-5-11-8(4-10)7(2)9(6)12-3;1-12-5-2-3-6(8)7(4-5)9(10)11;1-5(2,3)4;/h5-9H,10H2,1-4H3,(H,20,28);5-9,19H,10H2,1-4H3;5-9,20H,10,19H2,1-4H3;4-5H,6H2,1-3H3;4-6H,7H2,1-3H3;5H,4H2,1-3H3;2-4H,8H2,1H3;(H,2,3,4);1H. The molecule has 0 aliphatic rings. The molecular formula is C93H111Cl4N9O35S6. The third kappa shape index (κ3) is 39.4. The van der Waals surface area contributed by atoms with Gasteiger partial charge in [-0.2, -0.15) is 8.42 Å². The largest absolute Gasteiger partial charge is 0.497 e. The topological polar surface area (TPSA) is 611 Å². The van der Waals surface area contributed by atoms with Gasteiger partial charge in [-0.05, 0) is 260 Å². The van der Waals surface area contributed by atoms with E-state index in [1.165, 1.54) is 125 Å². The van der Waals surface area contributed by atoms with Gasteiger partial charge in [-0.15, -0.1) is 24.0 Å². The van der Waals surface area contributed by atoms with Crippen molar-refractivity contribution in [2.75, 3.05) is 125 Å². The average molecular weight is 2250 g/mol. The summed E-state index contributed by atoms with van der Waals surface area (Å²) < 4.78 is 206. The summed E-state index contributed by atoms with van der Waals surface area (Å²) in [7, 11) is 3.18. The Balaban J connectivity index is 0.000000447. The number of rotatable bonds is 32. The minimum Gasteiger partial charge on any atom is -0.497 e. The molecule has 147 heavy (non-hydrogen) atoms. The molecule has 0 saturated heterocycles. The van der Waals surface area contributed by atoms with E-state index in [0.29, 0.717) is 107 Å². The number of fused-ring (bicyclic) bond motifs is 1. The van der Waals surface area contributed by atoms with Crippen molar-refractivity contribution in [1.82, 2.24) is 13.9 Å². The molecule has 11 rings (SSSR count). The molecule has 11 aromatic rings. The number of carbonyl (C=O) groups excluding carboxylic acids is 5. The van der Waals surface area contributed by atoms with Gasteiger partial charge >= 0.3 is 39.2 Å². The zero-order chi connectivity index (χ0) is 111. The van der Waals surface area contributed by atoms with Crippen LogP contribution in [-0.4, -0.2) is 204 Å². The predicted octanol–water partition coefficient (Wildman–Crippen LogP) is 15.7. The number of imidazole rings is 1. The number of pyridine rings is 1. The summed E-state index contributed by atoms with van der Waals surface area (Å²) in [4.78, 5) is 83.2. The summed E-state index contributed by atoms with van der Waals surface area (Å²) in [6, 6.07) is 35.7. The number of benzene rings is 9. The number of nitrogens with zero attached hydrogens (tertiary/aromatic N) is 4. The van der Waals surface area contributed by atoms with Crippen LogP contribution in [0.3, 0.4) is 0 Å². The third-order valence-corrected chi connectivity index (χ3v) is 27.0. The summed E-state index contributed by atoms with van der Waals surface area (Å²) in [5.41, 5.74) is 20.7. The Morgan fingerprint density at radius 2 is 0.728 bits per heavy atom. The van der Waals surface area contributed by atoms with Crippen molar-refractivity contribution in [3.05, 3.63) is 243 Å². The zero-order valence-corrected chi connectivity index (χ0v) is 91.3. The van der Waals surface area contributed by atoms with Crippen molar-refractivity contribution in [2.24, 2.45) is 0 Å². The maximum absolute atomic E-state index is 13.5. The lowest BCUT2D eigenvalue weighted by molar-refractivity contribution is -0.384. The molecule has 0 radical (unpaired) electrons. The van der Waals surface area contributed by atoms with Gasteiger partial charge in [0.05, 0.1) is 147 Å². The Morgan fingerprint density at radius 1 is 0.415 bits per heavy atom. The Kier molecular flexibility index (Phi) is 50.5. The van der Waals surface area contributed by atoms with Crippen molar-refractivity contribution in [3.8, 4) is 57.5 Å². The van der Waals surface area contributed by atoms with Crippen molar-refractivity contribution in [1.29, 1.82) is 0 Å². The molecule has 802 valence electrons. The van der Waals surface area contributed by atoms with Crippen molar-refractivity contribution in [2.45, 2.75) is 109 Å². The lowest BCUT2D eigenvalue weighted by Crippen LogP contribution is -2.17. The minimum atomic E-state index is -4.19. The Labute approximate surface area is 874 Å². The molecule has 0 amide bonds. The van der Waals surface area contributed by atoms with Crippen LogP contribution < -0.4 is 68.3 Å². The second-order valence-corrected chi connectivity index (χ2v) is 40.4. The lowest BCUT2D eigenvalue weighted by atomic mass is 10.1. The van der Waals surface area contributed by atoms with Gasteiger partial charge in [0, 0.05) is 50.8 Å². The van der Waals surface area contributed by atoms with E-state index in [2.05, 4.69) is 53.8 Å². The van der Waals surface area contributed by atoms with Crippen LogP contribution in [0.25, 0.3) is 11.0 Å².